The number of likely N-dealkylation sites (tertiary alicyclic amines) is 1. The van der Waals surface area contributed by atoms with Gasteiger partial charge in [-0.2, -0.15) is 23.3 Å². The summed E-state index contributed by atoms with van der Waals surface area (Å²) in [5.74, 6) is 0.228. The first-order valence-electron chi connectivity index (χ1n) is 14.3. The van der Waals surface area contributed by atoms with Crippen molar-refractivity contribution in [3.63, 3.8) is 0 Å². The molecule has 1 saturated heterocycles. The highest BCUT2D eigenvalue weighted by molar-refractivity contribution is 6.04. The lowest BCUT2D eigenvalue weighted by Crippen LogP contribution is -2.46. The van der Waals surface area contributed by atoms with Gasteiger partial charge >= 0.3 is 6.18 Å². The Kier molecular flexibility index (Phi) is 8.76. The third-order valence-corrected chi connectivity index (χ3v) is 7.27. The lowest BCUT2D eigenvalue weighted by atomic mass is 10.0. The SMILES string of the molecule is C#CC(=O)Nc1cc(N[C@@H]2CCN(C)C[C@@H]2F)c2nc(-c3noc(CNC(=O)c4cnn(C(C)(C)C)c4)n3)c(CC(F)(F)F)n2c1. The number of terminal acetylenes is 1. The average molecular weight is 645 g/mol. The number of piperidine rings is 1. The number of alkyl halides is 4. The highest BCUT2D eigenvalue weighted by Crippen LogP contribution is 2.34. The Labute approximate surface area is 260 Å². The summed E-state index contributed by atoms with van der Waals surface area (Å²) in [5.41, 5.74) is -0.452. The second kappa shape index (κ2) is 12.4. The zero-order valence-electron chi connectivity index (χ0n) is 25.4. The summed E-state index contributed by atoms with van der Waals surface area (Å²) in [6.07, 6.45) is 2.38. The van der Waals surface area contributed by atoms with Crippen molar-refractivity contribution in [3.8, 4) is 23.9 Å². The van der Waals surface area contributed by atoms with Crippen LogP contribution in [0.25, 0.3) is 17.2 Å². The van der Waals surface area contributed by atoms with E-state index in [0.717, 1.165) is 4.40 Å². The number of hydrogen-bond donors (Lipinski definition) is 3. The van der Waals surface area contributed by atoms with E-state index in [0.29, 0.717) is 13.0 Å². The summed E-state index contributed by atoms with van der Waals surface area (Å²) < 4.78 is 64.7. The van der Waals surface area contributed by atoms with Gasteiger partial charge < -0.3 is 25.4 Å². The molecule has 0 bridgehead atoms. The van der Waals surface area contributed by atoms with Gasteiger partial charge in [0.2, 0.25) is 11.7 Å². The monoisotopic (exact) mass is 644 g/mol. The molecule has 13 nitrogen and oxygen atoms in total. The van der Waals surface area contributed by atoms with Crippen LogP contribution in [0.5, 0.6) is 0 Å². The van der Waals surface area contributed by atoms with E-state index in [4.69, 9.17) is 10.9 Å². The number of carbonyl (C=O) groups excluding carboxylic acids is 2. The van der Waals surface area contributed by atoms with Crippen molar-refractivity contribution in [2.24, 2.45) is 0 Å². The van der Waals surface area contributed by atoms with Gasteiger partial charge in [-0.1, -0.05) is 5.16 Å². The van der Waals surface area contributed by atoms with Crippen molar-refractivity contribution < 1.29 is 31.7 Å². The van der Waals surface area contributed by atoms with E-state index < -0.39 is 36.6 Å². The largest absolute Gasteiger partial charge is 0.394 e. The Morgan fingerprint density at radius 3 is 2.61 bits per heavy atom. The lowest BCUT2D eigenvalue weighted by molar-refractivity contribution is -0.127. The number of nitrogens with one attached hydrogen (secondary N) is 3. The number of nitrogens with zero attached hydrogens (tertiary/aromatic N) is 7. The van der Waals surface area contributed by atoms with Crippen LogP contribution in [0.1, 0.15) is 49.1 Å². The van der Waals surface area contributed by atoms with E-state index in [1.807, 2.05) is 31.6 Å². The molecule has 5 heterocycles. The fourth-order valence-corrected chi connectivity index (χ4v) is 4.98. The van der Waals surface area contributed by atoms with Crippen molar-refractivity contribution in [1.82, 2.24) is 39.5 Å². The van der Waals surface area contributed by atoms with Crippen molar-refractivity contribution >= 4 is 28.8 Å². The number of rotatable bonds is 8. The predicted molar refractivity (Wildman–Crippen MR) is 159 cm³/mol. The molecule has 2 amide bonds. The van der Waals surface area contributed by atoms with Crippen LogP contribution in [0.3, 0.4) is 0 Å². The molecular formula is C29H32F4N10O3. The average Bonchev–Trinajstić information content (AvgIpc) is 3.72. The van der Waals surface area contributed by atoms with Crippen molar-refractivity contribution in [2.45, 2.75) is 64.1 Å². The first-order chi connectivity index (χ1) is 21.6. The predicted octanol–water partition coefficient (Wildman–Crippen LogP) is 3.40. The fourth-order valence-electron chi connectivity index (χ4n) is 4.98. The van der Waals surface area contributed by atoms with Crippen LogP contribution in [0, 0.1) is 12.3 Å². The molecule has 0 radical (unpaired) electrons. The first-order valence-corrected chi connectivity index (χ1v) is 14.3. The number of anilines is 2. The molecule has 0 aromatic carbocycles. The Morgan fingerprint density at radius 2 is 1.96 bits per heavy atom. The molecule has 17 heteroatoms. The topological polar surface area (TPSA) is 148 Å². The third-order valence-electron chi connectivity index (χ3n) is 7.27. The number of hydrogen-bond acceptors (Lipinski definition) is 9. The molecular weight excluding hydrogens is 612 g/mol. The number of halogens is 4. The smallest absolute Gasteiger partial charge is 0.376 e. The Hall–Kier alpha value is -4.98. The van der Waals surface area contributed by atoms with Crippen molar-refractivity contribution in [1.29, 1.82) is 0 Å². The third kappa shape index (κ3) is 7.28. The molecule has 4 aromatic heterocycles. The quantitative estimate of drug-likeness (QED) is 0.194. The van der Waals surface area contributed by atoms with Crippen LogP contribution in [0.2, 0.25) is 0 Å². The summed E-state index contributed by atoms with van der Waals surface area (Å²) >= 11 is 0. The number of aromatic nitrogens is 6. The molecule has 1 fully saturated rings. The van der Waals surface area contributed by atoms with E-state index in [-0.39, 0.29) is 64.3 Å². The molecule has 3 N–H and O–H groups in total. The van der Waals surface area contributed by atoms with Gasteiger partial charge in [0.25, 0.3) is 11.8 Å². The van der Waals surface area contributed by atoms with Crippen LogP contribution in [0.4, 0.5) is 28.9 Å². The molecule has 244 valence electrons. The van der Waals surface area contributed by atoms with Crippen LogP contribution in [-0.2, 0) is 23.3 Å². The van der Waals surface area contributed by atoms with Crippen LogP contribution in [-0.4, -0.2) is 84.5 Å². The van der Waals surface area contributed by atoms with Gasteiger partial charge in [0.15, 0.2) is 5.65 Å². The van der Waals surface area contributed by atoms with Gasteiger partial charge in [0.1, 0.15) is 11.9 Å². The Morgan fingerprint density at radius 1 is 1.20 bits per heavy atom. The summed E-state index contributed by atoms with van der Waals surface area (Å²) in [4.78, 5) is 35.1. The highest BCUT2D eigenvalue weighted by Gasteiger charge is 2.34. The standard InChI is InChI=1S/C29H32F4N10O3/c1-6-22(44)36-17-9-20(37-19-7-8-41(5)15-18(19)30)26-39-24(21(42(26)14-17)10-29(31,32)33)25-38-23(46-40-25)12-34-27(45)16-11-35-43(13-16)28(2,3)4/h1,9,11,13-14,18-19,37H,7-8,10,12,15H2,2-5H3,(H,34,45)(H,36,44)/t18-,19+/m0/s1. The molecule has 0 saturated carbocycles. The zero-order valence-corrected chi connectivity index (χ0v) is 25.4. The van der Waals surface area contributed by atoms with Crippen LogP contribution in [0.15, 0.2) is 29.2 Å². The molecule has 0 spiro atoms. The van der Waals surface area contributed by atoms with E-state index in [1.165, 1.54) is 18.5 Å². The maximum absolute atomic E-state index is 15.0. The Bertz CT molecular complexity index is 1800. The van der Waals surface area contributed by atoms with Gasteiger partial charge in [-0.15, -0.1) is 6.42 Å². The first kappa shape index (κ1) is 32.4. The molecule has 46 heavy (non-hydrogen) atoms. The summed E-state index contributed by atoms with van der Waals surface area (Å²) in [6.45, 7) is 6.29. The van der Waals surface area contributed by atoms with Crippen molar-refractivity contribution in [2.75, 3.05) is 30.8 Å². The Balaban J connectivity index is 1.49. The van der Waals surface area contributed by atoms with Crippen LogP contribution < -0.4 is 16.0 Å². The minimum absolute atomic E-state index is 0.00889. The van der Waals surface area contributed by atoms with Gasteiger partial charge in [-0.05, 0) is 46.2 Å². The van der Waals surface area contributed by atoms with E-state index in [2.05, 4.69) is 36.2 Å². The maximum Gasteiger partial charge on any atom is 0.394 e. The van der Waals surface area contributed by atoms with Crippen LogP contribution >= 0.6 is 0 Å². The number of carbonyl (C=O) groups is 2. The van der Waals surface area contributed by atoms with Gasteiger partial charge in [-0.25, -0.2) is 9.37 Å². The number of fused-ring (bicyclic) bond motifs is 1. The number of amides is 2. The summed E-state index contributed by atoms with van der Waals surface area (Å²) in [7, 11) is 1.78. The second-order valence-electron chi connectivity index (χ2n) is 12.0. The molecule has 0 aliphatic carbocycles. The van der Waals surface area contributed by atoms with Crippen molar-refractivity contribution in [3.05, 3.63) is 41.8 Å². The van der Waals surface area contributed by atoms with E-state index in [1.54, 1.807) is 17.9 Å². The molecule has 1 aliphatic heterocycles. The normalized spacial score (nSPS) is 17.5. The minimum atomic E-state index is -4.69. The zero-order chi connectivity index (χ0) is 33.4. The lowest BCUT2D eigenvalue weighted by Gasteiger charge is -2.33. The molecule has 4 aromatic rings. The fraction of sp³-hybridized carbons (Fsp3) is 0.448. The van der Waals surface area contributed by atoms with Gasteiger partial charge in [0, 0.05) is 25.5 Å². The summed E-state index contributed by atoms with van der Waals surface area (Å²) in [5, 5.41) is 16.1. The second-order valence-corrected chi connectivity index (χ2v) is 12.0. The minimum Gasteiger partial charge on any atom is -0.376 e. The number of imidazole rings is 1. The van der Waals surface area contributed by atoms with Gasteiger partial charge in [0.05, 0.1) is 53.4 Å². The molecule has 5 rings (SSSR count). The van der Waals surface area contributed by atoms with E-state index >= 15 is 0 Å². The summed E-state index contributed by atoms with van der Waals surface area (Å²) in [6, 6.07) is 0.739. The molecule has 0 unspecified atom stereocenters. The number of pyridine rings is 1. The van der Waals surface area contributed by atoms with Gasteiger partial charge in [-0.3, -0.25) is 18.7 Å². The molecule has 2 atom stereocenters. The van der Waals surface area contributed by atoms with E-state index in [9.17, 15) is 27.2 Å². The maximum atomic E-state index is 15.0. The highest BCUT2D eigenvalue weighted by atomic mass is 19.4. The molecule has 1 aliphatic rings.